The van der Waals surface area contributed by atoms with Crippen molar-refractivity contribution < 1.29 is 5.21 Å². The number of fused-ring (bicyclic) bond motifs is 1. The zero-order chi connectivity index (χ0) is 7.68. The predicted molar refractivity (Wildman–Crippen MR) is 40.9 cm³/mol. The summed E-state index contributed by atoms with van der Waals surface area (Å²) in [4.78, 5) is 4.17. The average molecular weight is 148 g/mol. The Labute approximate surface area is 64.4 Å². The Morgan fingerprint density at radius 2 is 2.36 bits per heavy atom. The molecule has 0 aliphatic heterocycles. The van der Waals surface area contributed by atoms with Gasteiger partial charge in [-0.05, 0) is 25.0 Å². The van der Waals surface area contributed by atoms with E-state index in [9.17, 15) is 0 Å². The summed E-state index contributed by atoms with van der Waals surface area (Å²) in [7, 11) is 0. The second kappa shape index (κ2) is 2.34. The van der Waals surface area contributed by atoms with E-state index < -0.39 is 0 Å². The molecule has 0 saturated carbocycles. The first-order valence-electron chi connectivity index (χ1n) is 3.57. The van der Waals surface area contributed by atoms with E-state index >= 15 is 0 Å². The van der Waals surface area contributed by atoms with E-state index in [0.29, 0.717) is 0 Å². The Morgan fingerprint density at radius 1 is 1.45 bits per heavy atom. The van der Waals surface area contributed by atoms with Gasteiger partial charge in [0, 0.05) is 17.5 Å². The second-order valence-corrected chi connectivity index (χ2v) is 2.54. The van der Waals surface area contributed by atoms with Crippen LogP contribution in [-0.4, -0.2) is 15.9 Å². The smallest absolute Gasteiger partial charge is 0.0889 e. The first-order valence-corrected chi connectivity index (χ1v) is 3.57. The zero-order valence-electron chi connectivity index (χ0n) is 5.99. The van der Waals surface area contributed by atoms with Crippen molar-refractivity contribution in [1.29, 1.82) is 0 Å². The van der Waals surface area contributed by atoms with Gasteiger partial charge in [0.1, 0.15) is 0 Å². The van der Waals surface area contributed by atoms with Crippen LogP contribution in [0.2, 0.25) is 0 Å². The van der Waals surface area contributed by atoms with Crippen LogP contribution in [-0.2, 0) is 6.42 Å². The molecule has 56 valence electrons. The second-order valence-electron chi connectivity index (χ2n) is 2.54. The molecule has 1 aromatic rings. The molecule has 0 radical (unpaired) electrons. The largest absolute Gasteiger partial charge is 0.411 e. The lowest BCUT2D eigenvalue weighted by Gasteiger charge is -1.94. The summed E-state index contributed by atoms with van der Waals surface area (Å²) >= 11 is 0. The maximum absolute atomic E-state index is 8.57. The summed E-state index contributed by atoms with van der Waals surface area (Å²) in [5.41, 5.74) is 2.79. The average Bonchev–Trinajstić information content (AvgIpc) is 2.47. The molecule has 0 bridgehead atoms. The van der Waals surface area contributed by atoms with Crippen molar-refractivity contribution in [2.24, 2.45) is 5.16 Å². The Bertz CT molecular complexity index is 307. The van der Waals surface area contributed by atoms with Crippen molar-refractivity contribution in [1.82, 2.24) is 4.98 Å². The molecule has 0 unspecified atom stereocenters. The van der Waals surface area contributed by atoms with Crippen molar-refractivity contribution in [2.45, 2.75) is 12.8 Å². The van der Waals surface area contributed by atoms with Crippen molar-refractivity contribution in [3.63, 3.8) is 0 Å². The fourth-order valence-corrected chi connectivity index (χ4v) is 1.38. The topological polar surface area (TPSA) is 45.5 Å². The third kappa shape index (κ3) is 0.888. The van der Waals surface area contributed by atoms with E-state index in [4.69, 9.17) is 5.21 Å². The van der Waals surface area contributed by atoms with Gasteiger partial charge in [-0.3, -0.25) is 4.98 Å². The van der Waals surface area contributed by atoms with Gasteiger partial charge in [-0.15, -0.1) is 0 Å². The van der Waals surface area contributed by atoms with E-state index in [2.05, 4.69) is 10.1 Å². The molecule has 0 amide bonds. The molecule has 1 aromatic heterocycles. The van der Waals surface area contributed by atoms with Crippen LogP contribution in [0.4, 0.5) is 0 Å². The molecule has 0 saturated heterocycles. The van der Waals surface area contributed by atoms with Gasteiger partial charge < -0.3 is 5.21 Å². The van der Waals surface area contributed by atoms with Crippen LogP contribution in [0, 0.1) is 0 Å². The highest BCUT2D eigenvalue weighted by Gasteiger charge is 2.17. The maximum Gasteiger partial charge on any atom is 0.0889 e. The van der Waals surface area contributed by atoms with Gasteiger partial charge in [0.15, 0.2) is 0 Å². The third-order valence-corrected chi connectivity index (χ3v) is 1.92. The monoisotopic (exact) mass is 148 g/mol. The minimum absolute atomic E-state index is 0.758. The summed E-state index contributed by atoms with van der Waals surface area (Å²) in [5, 5.41) is 11.8. The summed E-state index contributed by atoms with van der Waals surface area (Å²) < 4.78 is 0. The lowest BCUT2D eigenvalue weighted by atomic mass is 10.2. The SMILES string of the molecule is O/N=C1\CCc2ncccc21. The molecule has 1 aliphatic rings. The molecule has 0 aromatic carbocycles. The van der Waals surface area contributed by atoms with E-state index in [-0.39, 0.29) is 0 Å². The third-order valence-electron chi connectivity index (χ3n) is 1.92. The zero-order valence-corrected chi connectivity index (χ0v) is 5.99. The van der Waals surface area contributed by atoms with E-state index in [1.54, 1.807) is 6.20 Å². The molecule has 3 nitrogen and oxygen atoms in total. The summed E-state index contributed by atoms with van der Waals surface area (Å²) in [6.07, 6.45) is 3.47. The molecular weight excluding hydrogens is 140 g/mol. The fourth-order valence-electron chi connectivity index (χ4n) is 1.38. The van der Waals surface area contributed by atoms with Crippen LogP contribution in [0.3, 0.4) is 0 Å². The highest BCUT2D eigenvalue weighted by molar-refractivity contribution is 6.03. The van der Waals surface area contributed by atoms with Gasteiger partial charge in [0.2, 0.25) is 0 Å². The van der Waals surface area contributed by atoms with Gasteiger partial charge in [-0.25, -0.2) is 0 Å². The molecule has 1 heterocycles. The molecule has 1 aliphatic carbocycles. The van der Waals surface area contributed by atoms with Crippen molar-refractivity contribution in [2.75, 3.05) is 0 Å². The predicted octanol–water partition coefficient (Wildman–Crippen LogP) is 1.21. The molecule has 0 atom stereocenters. The highest BCUT2D eigenvalue weighted by Crippen LogP contribution is 2.19. The van der Waals surface area contributed by atoms with E-state index in [1.807, 2.05) is 12.1 Å². The Hall–Kier alpha value is -1.38. The Morgan fingerprint density at radius 3 is 3.18 bits per heavy atom. The Balaban J connectivity index is 2.55. The minimum Gasteiger partial charge on any atom is -0.411 e. The van der Waals surface area contributed by atoms with Crippen LogP contribution in [0.1, 0.15) is 17.7 Å². The van der Waals surface area contributed by atoms with Gasteiger partial charge in [0.05, 0.1) is 5.71 Å². The number of hydrogen-bond acceptors (Lipinski definition) is 3. The number of aryl methyl sites for hydroxylation is 1. The van der Waals surface area contributed by atoms with Crippen LogP contribution in [0.25, 0.3) is 0 Å². The van der Waals surface area contributed by atoms with Crippen LogP contribution in [0.5, 0.6) is 0 Å². The molecule has 3 heteroatoms. The van der Waals surface area contributed by atoms with E-state index in [0.717, 1.165) is 29.8 Å². The van der Waals surface area contributed by atoms with Crippen molar-refractivity contribution >= 4 is 5.71 Å². The van der Waals surface area contributed by atoms with Crippen LogP contribution < -0.4 is 0 Å². The molecule has 0 spiro atoms. The van der Waals surface area contributed by atoms with Crippen LogP contribution >= 0.6 is 0 Å². The maximum atomic E-state index is 8.57. The lowest BCUT2D eigenvalue weighted by Crippen LogP contribution is -1.93. The van der Waals surface area contributed by atoms with Crippen LogP contribution in [0.15, 0.2) is 23.5 Å². The number of aromatic nitrogens is 1. The molecule has 2 rings (SSSR count). The minimum atomic E-state index is 0.758. The summed E-state index contributed by atoms with van der Waals surface area (Å²) in [6, 6.07) is 3.79. The first kappa shape index (κ1) is 6.34. The molecule has 0 fully saturated rings. The number of oxime groups is 1. The quantitative estimate of drug-likeness (QED) is 0.444. The van der Waals surface area contributed by atoms with Gasteiger partial charge in [-0.2, -0.15) is 0 Å². The first-order chi connectivity index (χ1) is 5.42. The number of rotatable bonds is 0. The van der Waals surface area contributed by atoms with E-state index in [1.165, 1.54) is 0 Å². The van der Waals surface area contributed by atoms with Gasteiger partial charge in [-0.1, -0.05) is 5.16 Å². The number of pyridine rings is 1. The number of hydrogen-bond donors (Lipinski definition) is 1. The molecule has 11 heavy (non-hydrogen) atoms. The number of nitrogens with zero attached hydrogens (tertiary/aromatic N) is 2. The standard InChI is InChI=1S/C8H8N2O/c11-10-8-4-3-7-6(8)2-1-5-9-7/h1-2,5,11H,3-4H2/b10-8+. The lowest BCUT2D eigenvalue weighted by molar-refractivity contribution is 0.318. The Kier molecular flexibility index (Phi) is 1.35. The van der Waals surface area contributed by atoms with Crippen molar-refractivity contribution in [3.8, 4) is 0 Å². The fraction of sp³-hybridized carbons (Fsp3) is 0.250. The highest BCUT2D eigenvalue weighted by atomic mass is 16.4. The van der Waals surface area contributed by atoms with Crippen molar-refractivity contribution in [3.05, 3.63) is 29.6 Å². The summed E-state index contributed by atoms with van der Waals surface area (Å²) in [5.74, 6) is 0. The van der Waals surface area contributed by atoms with Gasteiger partial charge >= 0.3 is 0 Å². The molecule has 1 N–H and O–H groups in total. The normalized spacial score (nSPS) is 18.7. The molecular formula is C8H8N2O. The summed E-state index contributed by atoms with van der Waals surface area (Å²) in [6.45, 7) is 0. The van der Waals surface area contributed by atoms with Gasteiger partial charge in [0.25, 0.3) is 0 Å².